The van der Waals surface area contributed by atoms with Gasteiger partial charge in [0.1, 0.15) is 5.75 Å². The first-order valence-corrected chi connectivity index (χ1v) is 10.5. The summed E-state index contributed by atoms with van der Waals surface area (Å²) in [6.45, 7) is 9.21. The lowest BCUT2D eigenvalue weighted by molar-refractivity contribution is 0.0514. The number of hydrogen-bond donors (Lipinski definition) is 0. The van der Waals surface area contributed by atoms with Crippen molar-refractivity contribution in [2.24, 2.45) is 0 Å². The van der Waals surface area contributed by atoms with Gasteiger partial charge in [0.05, 0.1) is 0 Å². The zero-order valence-electron chi connectivity index (χ0n) is 13.9. The molecule has 0 aliphatic heterocycles. The largest absolute Gasteiger partial charge is 0.467 e. The van der Waals surface area contributed by atoms with Gasteiger partial charge in [-0.05, 0) is 48.9 Å². The van der Waals surface area contributed by atoms with Crippen LogP contribution in [0.2, 0.25) is 0 Å². The number of rotatable bonds is 6. The summed E-state index contributed by atoms with van der Waals surface area (Å²) < 4.78 is 10.9. The van der Waals surface area contributed by atoms with Crippen LogP contribution in [0.25, 0.3) is 0 Å². The Morgan fingerprint density at radius 1 is 1.00 bits per heavy atom. The lowest BCUT2D eigenvalue weighted by Gasteiger charge is -2.18. The number of ether oxygens (including phenoxy) is 2. The van der Waals surface area contributed by atoms with Gasteiger partial charge in [-0.15, -0.1) is 0 Å². The molecule has 0 aliphatic rings. The molecule has 22 heavy (non-hydrogen) atoms. The maximum Gasteiger partial charge on any atom is 0.188 e. The summed E-state index contributed by atoms with van der Waals surface area (Å²) in [5.74, 6) is 0.966. The minimum Gasteiger partial charge on any atom is -0.467 e. The van der Waals surface area contributed by atoms with Crippen LogP contribution >= 0.6 is 16.5 Å². The van der Waals surface area contributed by atoms with Crippen LogP contribution in [0, 0.1) is 13.8 Å². The zero-order valence-corrected chi connectivity index (χ0v) is 15.8. The number of hydrogen-bond acceptors (Lipinski definition) is 2. The highest BCUT2D eigenvalue weighted by Crippen LogP contribution is 2.29. The van der Waals surface area contributed by atoms with Crippen molar-refractivity contribution in [1.29, 1.82) is 0 Å². The summed E-state index contributed by atoms with van der Waals surface area (Å²) in [5, 5.41) is 4.21. The summed E-state index contributed by atoms with van der Waals surface area (Å²) >= 11 is 0. The van der Waals surface area contributed by atoms with Gasteiger partial charge in [0.25, 0.3) is 0 Å². The first kappa shape index (κ1) is 17.4. The molecule has 0 saturated heterocycles. The minimum atomic E-state index is -0.116. The Kier molecular flexibility index (Phi) is 6.38. The summed E-state index contributed by atoms with van der Waals surface area (Å²) in [5.41, 5.74) is 2.53. The predicted molar refractivity (Wildman–Crippen MR) is 101 cm³/mol. The molecule has 4 heteroatoms. The van der Waals surface area contributed by atoms with Crippen LogP contribution < -0.4 is 20.7 Å². The molecule has 2 nitrogen and oxygen atoms in total. The van der Waals surface area contributed by atoms with Crippen LogP contribution in [-0.2, 0) is 4.74 Å². The molecule has 1 atom stereocenters. The van der Waals surface area contributed by atoms with E-state index in [1.807, 2.05) is 0 Å². The van der Waals surface area contributed by atoms with Crippen LogP contribution in [0.5, 0.6) is 5.75 Å². The fourth-order valence-electron chi connectivity index (χ4n) is 2.38. The summed E-state index contributed by atoms with van der Waals surface area (Å²) in [4.78, 5) is 0. The second-order valence-corrected chi connectivity index (χ2v) is 9.05. The Morgan fingerprint density at radius 2 is 1.68 bits per heavy atom. The highest BCUT2D eigenvalue weighted by atomic mass is 31.1. The van der Waals surface area contributed by atoms with E-state index in [2.05, 4.69) is 63.6 Å². The van der Waals surface area contributed by atoms with E-state index >= 15 is 0 Å². The van der Waals surface area contributed by atoms with Crippen molar-refractivity contribution in [2.45, 2.75) is 13.8 Å². The summed E-state index contributed by atoms with van der Waals surface area (Å²) in [7, 11) is 2.15. The molecule has 0 aromatic heterocycles. The van der Waals surface area contributed by atoms with Gasteiger partial charge >= 0.3 is 0 Å². The van der Waals surface area contributed by atoms with Gasteiger partial charge in [-0.3, -0.25) is 0 Å². The van der Waals surface area contributed by atoms with E-state index < -0.39 is 0 Å². The van der Waals surface area contributed by atoms with Crippen LogP contribution in [0.15, 0.2) is 36.4 Å². The van der Waals surface area contributed by atoms with E-state index in [4.69, 9.17) is 9.47 Å². The van der Waals surface area contributed by atoms with Crippen molar-refractivity contribution in [3.05, 3.63) is 47.5 Å². The predicted octanol–water partition coefficient (Wildman–Crippen LogP) is 3.28. The van der Waals surface area contributed by atoms with Crippen LogP contribution in [0.3, 0.4) is 0 Å². The fraction of sp³-hybridized carbons (Fsp3) is 0.333. The van der Waals surface area contributed by atoms with Crippen molar-refractivity contribution in [3.63, 3.8) is 0 Å². The van der Waals surface area contributed by atoms with Crippen LogP contribution in [0.4, 0.5) is 0 Å². The van der Waals surface area contributed by atoms with E-state index in [-0.39, 0.29) is 14.7 Å². The van der Waals surface area contributed by atoms with Gasteiger partial charge in [-0.1, -0.05) is 52.9 Å². The summed E-state index contributed by atoms with van der Waals surface area (Å²) in [6.07, 6.45) is 0. The molecule has 2 aromatic carbocycles. The van der Waals surface area contributed by atoms with Gasteiger partial charge in [0.2, 0.25) is 0 Å². The highest BCUT2D eigenvalue weighted by molar-refractivity contribution is 7.67. The maximum atomic E-state index is 5.82. The van der Waals surface area contributed by atoms with Crippen molar-refractivity contribution < 1.29 is 9.47 Å². The zero-order chi connectivity index (χ0) is 16.1. The second-order valence-electron chi connectivity index (χ2n) is 5.49. The van der Waals surface area contributed by atoms with E-state index in [9.17, 15) is 0 Å². The quantitative estimate of drug-likeness (QED) is 0.596. The molecule has 0 fully saturated rings. The van der Waals surface area contributed by atoms with Crippen LogP contribution in [-0.4, -0.2) is 27.2 Å². The number of aryl methyl sites for hydroxylation is 2. The average molecular weight is 334 g/mol. The normalized spacial score (nSPS) is 11.5. The monoisotopic (exact) mass is 334 g/mol. The smallest absolute Gasteiger partial charge is 0.188 e. The molecule has 2 aromatic rings. The first-order chi connectivity index (χ1) is 10.5. The van der Waals surface area contributed by atoms with E-state index in [1.165, 1.54) is 21.5 Å². The second kappa shape index (κ2) is 8.06. The summed E-state index contributed by atoms with van der Waals surface area (Å²) in [6, 6.07) is 13.0. The Labute approximate surface area is 136 Å². The molecule has 1 unspecified atom stereocenters. The van der Waals surface area contributed by atoms with E-state index in [0.717, 1.165) is 11.3 Å². The lowest BCUT2D eigenvalue weighted by Crippen LogP contribution is -2.24. The SMILES string of the molecule is COCOc1c(C)cccc1Pc1c(C)cccc1P(C)C. The third-order valence-corrected chi connectivity index (χ3v) is 6.65. The maximum absolute atomic E-state index is 5.82. The lowest BCUT2D eigenvalue weighted by atomic mass is 10.2. The van der Waals surface area contributed by atoms with Crippen molar-refractivity contribution in [3.8, 4) is 5.75 Å². The van der Waals surface area contributed by atoms with Gasteiger partial charge in [-0.25, -0.2) is 0 Å². The van der Waals surface area contributed by atoms with Gasteiger partial charge in [0.15, 0.2) is 6.79 Å². The Hall–Kier alpha value is -0.940. The third kappa shape index (κ3) is 4.07. The Morgan fingerprint density at radius 3 is 2.36 bits per heavy atom. The fourth-order valence-corrected chi connectivity index (χ4v) is 5.55. The molecular formula is C18H24O2P2. The van der Waals surface area contributed by atoms with Gasteiger partial charge < -0.3 is 9.47 Å². The highest BCUT2D eigenvalue weighted by Gasteiger charge is 2.13. The molecule has 0 heterocycles. The molecule has 0 spiro atoms. The molecular weight excluding hydrogens is 310 g/mol. The average Bonchev–Trinajstić information content (AvgIpc) is 2.48. The Balaban J connectivity index is 2.41. The molecule has 0 bridgehead atoms. The van der Waals surface area contributed by atoms with Crippen LogP contribution in [0.1, 0.15) is 11.1 Å². The molecule has 118 valence electrons. The van der Waals surface area contributed by atoms with Gasteiger partial charge in [-0.2, -0.15) is 0 Å². The molecule has 0 radical (unpaired) electrons. The Bertz CT molecular complexity index is 639. The standard InChI is InChI=1S/C18H24O2P2/c1-13-8-6-10-15(17(13)20-12-19-3)21-18-14(2)9-7-11-16(18)22(4)5/h6-11,21H,12H2,1-5H3. The molecule has 2 rings (SSSR count). The number of para-hydroxylation sites is 1. The molecule has 0 saturated carbocycles. The van der Waals surface area contributed by atoms with Crippen molar-refractivity contribution in [1.82, 2.24) is 0 Å². The van der Waals surface area contributed by atoms with Crippen molar-refractivity contribution in [2.75, 3.05) is 27.2 Å². The first-order valence-electron chi connectivity index (χ1n) is 7.30. The number of methoxy groups -OCH3 is 1. The third-order valence-electron chi connectivity index (χ3n) is 3.53. The van der Waals surface area contributed by atoms with Crippen molar-refractivity contribution >= 4 is 32.4 Å². The molecule has 0 amide bonds. The topological polar surface area (TPSA) is 18.5 Å². The van der Waals surface area contributed by atoms with E-state index in [0.29, 0.717) is 8.58 Å². The van der Waals surface area contributed by atoms with E-state index in [1.54, 1.807) is 7.11 Å². The molecule has 0 N–H and O–H groups in total. The van der Waals surface area contributed by atoms with Gasteiger partial charge in [0, 0.05) is 12.4 Å². The minimum absolute atomic E-state index is 0.116. The molecule has 0 aliphatic carbocycles. The number of benzene rings is 2.